The lowest BCUT2D eigenvalue weighted by Crippen LogP contribution is -2.33. The van der Waals surface area contributed by atoms with Gasteiger partial charge in [0.05, 0.1) is 24.9 Å². The largest absolute Gasteiger partial charge is 0.468 e. The molecule has 1 aliphatic heterocycles. The maximum atomic E-state index is 12.4. The standard InChI is InChI=1S/C19H22N4O2/c1-22-12-16(11-21-22)8-15-6-7-23(13-15)18(19(24)25-2)17-5-3-4-14(9-17)10-20/h3-5,9,11-12,15,18H,6-8,13H2,1-2H3/t15-,18-/m0/s1. The van der Waals surface area contributed by atoms with E-state index in [0.29, 0.717) is 11.5 Å². The molecule has 0 saturated carbocycles. The number of methoxy groups -OCH3 is 1. The normalized spacial score (nSPS) is 18.7. The number of aryl methyl sites for hydroxylation is 1. The predicted octanol–water partition coefficient (Wildman–Crippen LogP) is 2.07. The van der Waals surface area contributed by atoms with Crippen molar-refractivity contribution < 1.29 is 9.53 Å². The molecule has 0 amide bonds. The summed E-state index contributed by atoms with van der Waals surface area (Å²) in [4.78, 5) is 14.6. The Labute approximate surface area is 147 Å². The van der Waals surface area contributed by atoms with Crippen LogP contribution in [0.15, 0.2) is 36.7 Å². The van der Waals surface area contributed by atoms with Crippen molar-refractivity contribution >= 4 is 5.97 Å². The van der Waals surface area contributed by atoms with Gasteiger partial charge in [-0.2, -0.15) is 10.4 Å². The molecule has 0 bridgehead atoms. The molecule has 0 spiro atoms. The Balaban J connectivity index is 1.76. The van der Waals surface area contributed by atoms with Gasteiger partial charge in [-0.15, -0.1) is 0 Å². The van der Waals surface area contributed by atoms with Gasteiger partial charge in [0.15, 0.2) is 0 Å². The van der Waals surface area contributed by atoms with Crippen molar-refractivity contribution in [3.05, 3.63) is 53.3 Å². The van der Waals surface area contributed by atoms with E-state index < -0.39 is 6.04 Å². The van der Waals surface area contributed by atoms with E-state index in [1.165, 1.54) is 12.7 Å². The van der Waals surface area contributed by atoms with Gasteiger partial charge in [0.25, 0.3) is 0 Å². The van der Waals surface area contributed by atoms with E-state index in [1.54, 1.807) is 12.1 Å². The monoisotopic (exact) mass is 338 g/mol. The molecular weight excluding hydrogens is 316 g/mol. The molecule has 1 saturated heterocycles. The van der Waals surface area contributed by atoms with Crippen molar-refractivity contribution in [2.75, 3.05) is 20.2 Å². The van der Waals surface area contributed by atoms with Gasteiger partial charge in [0.1, 0.15) is 6.04 Å². The number of nitriles is 1. The Morgan fingerprint density at radius 2 is 2.36 bits per heavy atom. The number of hydrogen-bond acceptors (Lipinski definition) is 5. The van der Waals surface area contributed by atoms with Gasteiger partial charge >= 0.3 is 5.97 Å². The zero-order valence-corrected chi connectivity index (χ0v) is 14.6. The van der Waals surface area contributed by atoms with Crippen LogP contribution in [0.25, 0.3) is 0 Å². The van der Waals surface area contributed by atoms with Crippen molar-refractivity contribution in [1.82, 2.24) is 14.7 Å². The minimum absolute atomic E-state index is 0.280. The molecule has 25 heavy (non-hydrogen) atoms. The maximum absolute atomic E-state index is 12.4. The number of likely N-dealkylation sites (tertiary alicyclic amines) is 1. The maximum Gasteiger partial charge on any atom is 0.327 e. The van der Waals surface area contributed by atoms with Gasteiger partial charge in [-0.25, -0.2) is 4.79 Å². The SMILES string of the molecule is COC(=O)[C@H](c1cccc(C#N)c1)N1CC[C@@H](Cc2cnn(C)c2)C1. The van der Waals surface area contributed by atoms with Crippen LogP contribution in [0.5, 0.6) is 0 Å². The zero-order chi connectivity index (χ0) is 17.8. The van der Waals surface area contributed by atoms with Gasteiger partial charge in [-0.05, 0) is 48.6 Å². The third-order valence-electron chi connectivity index (χ3n) is 4.72. The Morgan fingerprint density at radius 1 is 1.52 bits per heavy atom. The van der Waals surface area contributed by atoms with Gasteiger partial charge in [-0.1, -0.05) is 12.1 Å². The molecule has 1 aliphatic rings. The summed E-state index contributed by atoms with van der Waals surface area (Å²) >= 11 is 0. The van der Waals surface area contributed by atoms with Crippen LogP contribution in [-0.4, -0.2) is 40.8 Å². The highest BCUT2D eigenvalue weighted by atomic mass is 16.5. The number of rotatable bonds is 5. The Bertz CT molecular complexity index is 793. The molecule has 2 heterocycles. The number of aromatic nitrogens is 2. The third kappa shape index (κ3) is 3.89. The van der Waals surface area contributed by atoms with Crippen molar-refractivity contribution in [2.24, 2.45) is 13.0 Å². The third-order valence-corrected chi connectivity index (χ3v) is 4.72. The topological polar surface area (TPSA) is 71.2 Å². The smallest absolute Gasteiger partial charge is 0.327 e. The highest BCUT2D eigenvalue weighted by Gasteiger charge is 2.34. The van der Waals surface area contributed by atoms with Crippen molar-refractivity contribution in [1.29, 1.82) is 5.26 Å². The molecule has 0 N–H and O–H groups in total. The van der Waals surface area contributed by atoms with E-state index in [-0.39, 0.29) is 5.97 Å². The molecule has 1 fully saturated rings. The van der Waals surface area contributed by atoms with E-state index >= 15 is 0 Å². The molecule has 0 unspecified atom stereocenters. The van der Waals surface area contributed by atoms with E-state index in [1.807, 2.05) is 36.3 Å². The summed E-state index contributed by atoms with van der Waals surface area (Å²) in [5, 5.41) is 13.3. The zero-order valence-electron chi connectivity index (χ0n) is 14.6. The molecular formula is C19H22N4O2. The predicted molar refractivity (Wildman–Crippen MR) is 92.5 cm³/mol. The number of ether oxygens (including phenoxy) is 1. The minimum atomic E-state index is -0.461. The summed E-state index contributed by atoms with van der Waals surface area (Å²) in [5.41, 5.74) is 2.58. The van der Waals surface area contributed by atoms with E-state index in [0.717, 1.165) is 31.5 Å². The molecule has 6 heteroatoms. The molecule has 0 radical (unpaired) electrons. The number of nitrogens with zero attached hydrogens (tertiary/aromatic N) is 4. The summed E-state index contributed by atoms with van der Waals surface area (Å²) in [7, 11) is 3.33. The second-order valence-electron chi connectivity index (χ2n) is 6.54. The molecule has 2 aromatic rings. The fourth-order valence-electron chi connectivity index (χ4n) is 3.56. The van der Waals surface area contributed by atoms with E-state index in [4.69, 9.17) is 10.00 Å². The van der Waals surface area contributed by atoms with Gasteiger partial charge in [-0.3, -0.25) is 9.58 Å². The molecule has 2 atom stereocenters. The molecule has 130 valence electrons. The summed E-state index contributed by atoms with van der Waals surface area (Å²) < 4.78 is 6.84. The van der Waals surface area contributed by atoms with E-state index in [2.05, 4.69) is 16.1 Å². The number of benzene rings is 1. The Hall–Kier alpha value is -2.65. The van der Waals surface area contributed by atoms with Crippen LogP contribution >= 0.6 is 0 Å². The van der Waals surface area contributed by atoms with Crippen molar-refractivity contribution in [3.63, 3.8) is 0 Å². The lowest BCUT2D eigenvalue weighted by molar-refractivity contribution is -0.147. The molecule has 3 rings (SSSR count). The highest BCUT2D eigenvalue weighted by Crippen LogP contribution is 2.30. The summed E-state index contributed by atoms with van der Waals surface area (Å²) in [6.45, 7) is 1.66. The molecule has 6 nitrogen and oxygen atoms in total. The van der Waals surface area contributed by atoms with Crippen molar-refractivity contribution in [2.45, 2.75) is 18.9 Å². The number of hydrogen-bond donors (Lipinski definition) is 0. The van der Waals surface area contributed by atoms with Gasteiger partial charge in [0, 0.05) is 19.8 Å². The second kappa shape index (κ2) is 7.49. The average molecular weight is 338 g/mol. The average Bonchev–Trinajstić information content (AvgIpc) is 3.24. The Morgan fingerprint density at radius 3 is 3.04 bits per heavy atom. The molecule has 0 aliphatic carbocycles. The number of esters is 1. The summed E-state index contributed by atoms with van der Waals surface area (Å²) in [6.07, 6.45) is 5.92. The summed E-state index contributed by atoms with van der Waals surface area (Å²) in [5.74, 6) is 0.202. The van der Waals surface area contributed by atoms with Gasteiger partial charge in [0.2, 0.25) is 0 Å². The second-order valence-corrected chi connectivity index (χ2v) is 6.54. The molecule has 1 aromatic heterocycles. The first-order chi connectivity index (χ1) is 12.1. The van der Waals surface area contributed by atoms with Crippen LogP contribution in [0, 0.1) is 17.2 Å². The quantitative estimate of drug-likeness (QED) is 0.781. The Kier molecular flexibility index (Phi) is 5.15. The van der Waals surface area contributed by atoms with Crippen LogP contribution in [0.4, 0.5) is 0 Å². The highest BCUT2D eigenvalue weighted by molar-refractivity contribution is 5.77. The van der Waals surface area contributed by atoms with Gasteiger partial charge < -0.3 is 4.74 Å². The first-order valence-corrected chi connectivity index (χ1v) is 8.40. The number of carbonyl (C=O) groups is 1. The fourth-order valence-corrected chi connectivity index (χ4v) is 3.56. The first-order valence-electron chi connectivity index (χ1n) is 8.40. The van der Waals surface area contributed by atoms with Crippen LogP contribution in [0.1, 0.15) is 29.2 Å². The lowest BCUT2D eigenvalue weighted by Gasteiger charge is -2.26. The van der Waals surface area contributed by atoms with Crippen LogP contribution < -0.4 is 0 Å². The summed E-state index contributed by atoms with van der Waals surface area (Å²) in [6, 6.07) is 8.89. The molecule has 1 aromatic carbocycles. The first kappa shape index (κ1) is 17.2. The lowest BCUT2D eigenvalue weighted by atomic mass is 10.0. The number of carbonyl (C=O) groups excluding carboxylic acids is 1. The van der Waals surface area contributed by atoms with Crippen LogP contribution in [0.3, 0.4) is 0 Å². The fraction of sp³-hybridized carbons (Fsp3) is 0.421. The van der Waals surface area contributed by atoms with Crippen molar-refractivity contribution in [3.8, 4) is 6.07 Å². The van der Waals surface area contributed by atoms with Crippen LogP contribution in [-0.2, 0) is 23.0 Å². The minimum Gasteiger partial charge on any atom is -0.468 e. The van der Waals surface area contributed by atoms with Crippen LogP contribution in [0.2, 0.25) is 0 Å². The van der Waals surface area contributed by atoms with E-state index in [9.17, 15) is 4.79 Å².